The summed E-state index contributed by atoms with van der Waals surface area (Å²) in [5.41, 5.74) is 4.83. The lowest BCUT2D eigenvalue weighted by Gasteiger charge is -2.29. The van der Waals surface area contributed by atoms with Crippen molar-refractivity contribution in [1.82, 2.24) is 15.2 Å². The van der Waals surface area contributed by atoms with Gasteiger partial charge in [-0.15, -0.1) is 0 Å². The molecule has 0 fully saturated rings. The lowest BCUT2D eigenvalue weighted by atomic mass is 10.1. The molecule has 1 aliphatic carbocycles. The summed E-state index contributed by atoms with van der Waals surface area (Å²) in [6.07, 6.45) is 6.28. The minimum Gasteiger partial charge on any atom is -0.395 e. The van der Waals surface area contributed by atoms with E-state index in [0.717, 1.165) is 24.8 Å². The molecule has 2 N–H and O–H groups in total. The minimum atomic E-state index is -0.109. The highest BCUT2D eigenvalue weighted by Gasteiger charge is 2.30. The number of aromatic nitrogens is 1. The number of nitrogens with zero attached hydrogens (tertiary/aromatic N) is 2. The molecular weight excluding hydrogens is 314 g/mol. The smallest absolute Gasteiger partial charge is 0.318 e. The molecule has 0 aliphatic heterocycles. The van der Waals surface area contributed by atoms with E-state index in [0.29, 0.717) is 13.1 Å². The number of urea groups is 1. The van der Waals surface area contributed by atoms with E-state index in [-0.39, 0.29) is 18.7 Å². The number of pyridine rings is 1. The summed E-state index contributed by atoms with van der Waals surface area (Å²) in [6, 6.07) is 10.2. The third-order valence-corrected chi connectivity index (χ3v) is 4.89. The zero-order chi connectivity index (χ0) is 17.6. The maximum atomic E-state index is 12.7. The molecule has 1 atom stereocenters. The Balaban J connectivity index is 1.63. The van der Waals surface area contributed by atoms with Crippen molar-refractivity contribution in [3.8, 4) is 0 Å². The molecule has 2 amide bonds. The van der Waals surface area contributed by atoms with E-state index in [2.05, 4.69) is 22.4 Å². The van der Waals surface area contributed by atoms with Gasteiger partial charge >= 0.3 is 6.03 Å². The molecule has 0 saturated carbocycles. The molecule has 1 heterocycles. The SMILES string of the molecule is Cc1cnccc1CCNC(=O)N(CCO)C1CCc2ccccc21. The minimum absolute atomic E-state index is 0.0322. The van der Waals surface area contributed by atoms with Gasteiger partial charge in [-0.05, 0) is 54.5 Å². The predicted octanol–water partition coefficient (Wildman–Crippen LogP) is 2.62. The van der Waals surface area contributed by atoms with Gasteiger partial charge < -0.3 is 15.3 Å². The Morgan fingerprint density at radius 3 is 3.00 bits per heavy atom. The van der Waals surface area contributed by atoms with Crippen molar-refractivity contribution < 1.29 is 9.90 Å². The third kappa shape index (κ3) is 3.99. The number of aliphatic hydroxyl groups excluding tert-OH is 1. The lowest BCUT2D eigenvalue weighted by molar-refractivity contribution is 0.151. The molecule has 5 nitrogen and oxygen atoms in total. The molecule has 132 valence electrons. The molecule has 0 saturated heterocycles. The monoisotopic (exact) mass is 339 g/mol. The van der Waals surface area contributed by atoms with Gasteiger partial charge in [0.25, 0.3) is 0 Å². The fourth-order valence-electron chi connectivity index (χ4n) is 3.55. The summed E-state index contributed by atoms with van der Waals surface area (Å²) in [4.78, 5) is 18.6. The van der Waals surface area contributed by atoms with E-state index < -0.39 is 0 Å². The number of amides is 2. The molecule has 0 bridgehead atoms. The van der Waals surface area contributed by atoms with Crippen LogP contribution in [0.3, 0.4) is 0 Å². The van der Waals surface area contributed by atoms with Crippen LogP contribution in [-0.4, -0.2) is 40.7 Å². The van der Waals surface area contributed by atoms with Crippen LogP contribution < -0.4 is 5.32 Å². The van der Waals surface area contributed by atoms with Crippen molar-refractivity contribution in [3.63, 3.8) is 0 Å². The van der Waals surface area contributed by atoms with Crippen LogP contribution in [0.25, 0.3) is 0 Å². The van der Waals surface area contributed by atoms with Crippen LogP contribution in [0.5, 0.6) is 0 Å². The van der Waals surface area contributed by atoms with E-state index in [1.807, 2.05) is 31.3 Å². The average Bonchev–Trinajstić information content (AvgIpc) is 3.05. The average molecular weight is 339 g/mol. The first-order valence-corrected chi connectivity index (χ1v) is 8.83. The van der Waals surface area contributed by atoms with Crippen molar-refractivity contribution >= 4 is 6.03 Å². The van der Waals surface area contributed by atoms with E-state index in [4.69, 9.17) is 0 Å². The second-order valence-corrected chi connectivity index (χ2v) is 6.45. The highest BCUT2D eigenvalue weighted by Crippen LogP contribution is 2.35. The second kappa shape index (κ2) is 8.12. The summed E-state index contributed by atoms with van der Waals surface area (Å²) in [5, 5.41) is 12.4. The van der Waals surface area contributed by atoms with Gasteiger partial charge in [-0.2, -0.15) is 0 Å². The van der Waals surface area contributed by atoms with Crippen LogP contribution in [-0.2, 0) is 12.8 Å². The standard InChI is InChI=1S/C20H25N3O2/c1-15-14-21-10-8-16(15)9-11-22-20(25)23(12-13-24)19-7-6-17-4-2-3-5-18(17)19/h2-5,8,10,14,19,24H,6-7,9,11-13H2,1H3,(H,22,25). The first-order chi connectivity index (χ1) is 12.2. The first-order valence-electron chi connectivity index (χ1n) is 8.83. The zero-order valence-corrected chi connectivity index (χ0v) is 14.6. The maximum absolute atomic E-state index is 12.7. The van der Waals surface area contributed by atoms with Gasteiger partial charge in [-0.25, -0.2) is 4.79 Å². The molecule has 1 unspecified atom stereocenters. The summed E-state index contributed by atoms with van der Waals surface area (Å²) in [5.74, 6) is 0. The normalized spacial score (nSPS) is 15.7. The highest BCUT2D eigenvalue weighted by molar-refractivity contribution is 5.75. The number of aliphatic hydroxyl groups is 1. The van der Waals surface area contributed by atoms with Crippen molar-refractivity contribution in [2.45, 2.75) is 32.2 Å². The molecule has 0 radical (unpaired) electrons. The second-order valence-electron chi connectivity index (χ2n) is 6.45. The zero-order valence-electron chi connectivity index (χ0n) is 14.6. The van der Waals surface area contributed by atoms with Crippen molar-refractivity contribution in [1.29, 1.82) is 0 Å². The number of carbonyl (C=O) groups excluding carboxylic acids is 1. The summed E-state index contributed by atoms with van der Waals surface area (Å²) < 4.78 is 0. The largest absolute Gasteiger partial charge is 0.395 e. The molecule has 1 aromatic carbocycles. The van der Waals surface area contributed by atoms with Crippen LogP contribution >= 0.6 is 0 Å². The Morgan fingerprint density at radius 1 is 1.36 bits per heavy atom. The number of fused-ring (bicyclic) bond motifs is 1. The number of nitrogens with one attached hydrogen (secondary N) is 1. The molecule has 1 aromatic heterocycles. The molecule has 1 aliphatic rings. The van der Waals surface area contributed by atoms with E-state index in [9.17, 15) is 9.90 Å². The molecule has 25 heavy (non-hydrogen) atoms. The lowest BCUT2D eigenvalue weighted by Crippen LogP contribution is -2.43. The molecule has 2 aromatic rings. The molecule has 5 heteroatoms. The fourth-order valence-corrected chi connectivity index (χ4v) is 3.55. The van der Waals surface area contributed by atoms with Crippen molar-refractivity contribution in [3.05, 3.63) is 65.0 Å². The number of rotatable bonds is 6. The summed E-state index contributed by atoms with van der Waals surface area (Å²) >= 11 is 0. The summed E-state index contributed by atoms with van der Waals surface area (Å²) in [7, 11) is 0. The van der Waals surface area contributed by atoms with Crippen LogP contribution in [0.2, 0.25) is 0 Å². The number of hydrogen-bond acceptors (Lipinski definition) is 3. The van der Waals surface area contributed by atoms with Crippen LogP contribution in [0.15, 0.2) is 42.7 Å². The van der Waals surface area contributed by atoms with Gasteiger partial charge in [0.05, 0.1) is 12.6 Å². The Morgan fingerprint density at radius 2 is 2.20 bits per heavy atom. The van der Waals surface area contributed by atoms with Gasteiger partial charge in [0, 0.05) is 25.5 Å². The Kier molecular flexibility index (Phi) is 5.66. The quantitative estimate of drug-likeness (QED) is 0.850. The number of benzene rings is 1. The van der Waals surface area contributed by atoms with E-state index in [1.165, 1.54) is 16.7 Å². The number of hydrogen-bond donors (Lipinski definition) is 2. The Labute approximate surface area is 148 Å². The van der Waals surface area contributed by atoms with Gasteiger partial charge in [0.15, 0.2) is 0 Å². The van der Waals surface area contributed by atoms with Gasteiger partial charge in [0.1, 0.15) is 0 Å². The van der Waals surface area contributed by atoms with Gasteiger partial charge in [-0.3, -0.25) is 4.98 Å². The van der Waals surface area contributed by atoms with Crippen LogP contribution in [0, 0.1) is 6.92 Å². The topological polar surface area (TPSA) is 65.5 Å². The predicted molar refractivity (Wildman–Crippen MR) is 97.4 cm³/mol. The van der Waals surface area contributed by atoms with Crippen LogP contribution in [0.4, 0.5) is 4.79 Å². The summed E-state index contributed by atoms with van der Waals surface area (Å²) in [6.45, 7) is 2.91. The third-order valence-electron chi connectivity index (χ3n) is 4.89. The van der Waals surface area contributed by atoms with Gasteiger partial charge in [-0.1, -0.05) is 24.3 Å². The van der Waals surface area contributed by atoms with E-state index >= 15 is 0 Å². The van der Waals surface area contributed by atoms with Crippen molar-refractivity contribution in [2.24, 2.45) is 0 Å². The molecule has 3 rings (SSSR count). The number of carbonyl (C=O) groups is 1. The van der Waals surface area contributed by atoms with Crippen LogP contribution in [0.1, 0.15) is 34.7 Å². The highest BCUT2D eigenvalue weighted by atomic mass is 16.3. The van der Waals surface area contributed by atoms with Crippen molar-refractivity contribution in [2.75, 3.05) is 19.7 Å². The Hall–Kier alpha value is -2.40. The molecular formula is C20H25N3O2. The number of aryl methyl sites for hydroxylation is 2. The van der Waals surface area contributed by atoms with Gasteiger partial charge in [0.2, 0.25) is 0 Å². The first kappa shape index (κ1) is 17.4. The molecule has 0 spiro atoms. The maximum Gasteiger partial charge on any atom is 0.318 e. The van der Waals surface area contributed by atoms with E-state index in [1.54, 1.807) is 11.1 Å². The Bertz CT molecular complexity index is 732. The fraction of sp³-hybridized carbons (Fsp3) is 0.400.